The van der Waals surface area contributed by atoms with Crippen molar-refractivity contribution in [3.8, 4) is 0 Å². The van der Waals surface area contributed by atoms with Gasteiger partial charge in [0.25, 0.3) is 5.91 Å². The van der Waals surface area contributed by atoms with Crippen molar-refractivity contribution in [2.45, 2.75) is 12.0 Å². The van der Waals surface area contributed by atoms with E-state index < -0.39 is 0 Å². The Kier molecular flexibility index (Phi) is 4.47. The second-order valence-electron chi connectivity index (χ2n) is 8.16. The second kappa shape index (κ2) is 7.18. The van der Waals surface area contributed by atoms with Crippen molar-refractivity contribution in [1.82, 2.24) is 19.8 Å². The van der Waals surface area contributed by atoms with Gasteiger partial charge < -0.3 is 9.80 Å². The largest absolute Gasteiger partial charge is 0.337 e. The summed E-state index contributed by atoms with van der Waals surface area (Å²) in [6.45, 7) is 2.15. The minimum Gasteiger partial charge on any atom is -0.337 e. The van der Waals surface area contributed by atoms with Crippen LogP contribution in [0, 0.1) is 0 Å². The third-order valence-corrected chi connectivity index (χ3v) is 6.36. The molecule has 0 aliphatic carbocycles. The smallest absolute Gasteiger partial charge is 0.253 e. The van der Waals surface area contributed by atoms with E-state index in [0.29, 0.717) is 31.7 Å². The summed E-state index contributed by atoms with van der Waals surface area (Å²) in [5.41, 5.74) is 2.11. The highest BCUT2D eigenvalue weighted by Crippen LogP contribution is 2.34. The molecule has 3 aromatic rings. The van der Waals surface area contributed by atoms with Crippen molar-refractivity contribution in [3.05, 3.63) is 66.6 Å². The number of amides is 2. The number of hydrogen-bond donors (Lipinski definition) is 0. The molecule has 1 atom stereocenters. The highest BCUT2D eigenvalue weighted by Gasteiger charge is 2.48. The highest BCUT2D eigenvalue weighted by molar-refractivity contribution is 5.98. The van der Waals surface area contributed by atoms with Crippen molar-refractivity contribution in [2.75, 3.05) is 38.1 Å². The van der Waals surface area contributed by atoms with E-state index in [9.17, 15) is 9.59 Å². The van der Waals surface area contributed by atoms with Crippen molar-refractivity contribution < 1.29 is 9.59 Å². The minimum absolute atomic E-state index is 0.0239. The maximum atomic E-state index is 13.2. The molecule has 0 unspecified atom stereocenters. The predicted octanol–water partition coefficient (Wildman–Crippen LogP) is 2.19. The fourth-order valence-corrected chi connectivity index (χ4v) is 4.57. The zero-order chi connectivity index (χ0) is 20.7. The number of benzene rings is 1. The average molecular weight is 401 g/mol. The van der Waals surface area contributed by atoms with E-state index in [-0.39, 0.29) is 17.4 Å². The van der Waals surface area contributed by atoms with Gasteiger partial charge in [0.05, 0.1) is 29.5 Å². The fourth-order valence-electron chi connectivity index (χ4n) is 4.57. The summed E-state index contributed by atoms with van der Waals surface area (Å²) in [5.74, 6) is 0.0822. The van der Waals surface area contributed by atoms with Gasteiger partial charge in [0, 0.05) is 43.0 Å². The van der Waals surface area contributed by atoms with E-state index in [0.717, 1.165) is 23.0 Å². The number of carbonyl (C=O) groups is 2. The van der Waals surface area contributed by atoms with Crippen LogP contribution in [-0.2, 0) is 4.79 Å². The number of rotatable bonds is 2. The van der Waals surface area contributed by atoms with Gasteiger partial charge in [-0.05, 0) is 49.9 Å². The molecular weight excluding hydrogens is 378 g/mol. The van der Waals surface area contributed by atoms with Crippen LogP contribution in [0.4, 0.5) is 5.69 Å². The summed E-state index contributed by atoms with van der Waals surface area (Å²) in [5, 5.41) is 0.959. The molecule has 7 heteroatoms. The lowest BCUT2D eigenvalue weighted by molar-refractivity contribution is -0.123. The number of carbonyl (C=O) groups excluding carboxylic acids is 2. The molecule has 2 aliphatic rings. The molecule has 0 bridgehead atoms. The van der Waals surface area contributed by atoms with Crippen LogP contribution in [0.15, 0.2) is 61.1 Å². The lowest BCUT2D eigenvalue weighted by Crippen LogP contribution is -2.64. The van der Waals surface area contributed by atoms with Gasteiger partial charge in [0.15, 0.2) is 0 Å². The third-order valence-electron chi connectivity index (χ3n) is 6.36. The van der Waals surface area contributed by atoms with Crippen molar-refractivity contribution in [1.29, 1.82) is 0 Å². The Morgan fingerprint density at radius 1 is 1.10 bits per heavy atom. The van der Waals surface area contributed by atoms with Crippen LogP contribution >= 0.6 is 0 Å². The second-order valence-corrected chi connectivity index (χ2v) is 8.16. The quantitative estimate of drug-likeness (QED) is 0.658. The van der Waals surface area contributed by atoms with Gasteiger partial charge in [-0.25, -0.2) is 0 Å². The molecule has 7 nitrogen and oxygen atoms in total. The Morgan fingerprint density at radius 3 is 2.80 bits per heavy atom. The molecule has 2 saturated heterocycles. The molecule has 2 aliphatic heterocycles. The molecule has 2 amide bonds. The first-order valence-electron chi connectivity index (χ1n) is 10.1. The number of hydrogen-bond acceptors (Lipinski definition) is 5. The summed E-state index contributed by atoms with van der Waals surface area (Å²) in [6.07, 6.45) is 6.00. The van der Waals surface area contributed by atoms with Gasteiger partial charge in [-0.2, -0.15) is 0 Å². The summed E-state index contributed by atoms with van der Waals surface area (Å²) in [6, 6.07) is 13.2. The number of anilines is 1. The first kappa shape index (κ1) is 18.7. The van der Waals surface area contributed by atoms with Gasteiger partial charge in [0.1, 0.15) is 0 Å². The fraction of sp³-hybridized carbons (Fsp3) is 0.304. The first-order chi connectivity index (χ1) is 14.6. The van der Waals surface area contributed by atoms with Crippen LogP contribution in [0.3, 0.4) is 0 Å². The molecular formula is C23H23N5O2. The normalized spacial score (nSPS) is 22.2. The molecule has 4 heterocycles. The number of likely N-dealkylation sites (N-methyl/N-ethyl adjacent to an activating group) is 1. The number of piperazine rings is 1. The van der Waals surface area contributed by atoms with E-state index in [2.05, 4.69) is 14.9 Å². The van der Waals surface area contributed by atoms with E-state index in [4.69, 9.17) is 0 Å². The molecule has 0 saturated carbocycles. The average Bonchev–Trinajstić information content (AvgIpc) is 3.21. The topological polar surface area (TPSA) is 69.6 Å². The summed E-state index contributed by atoms with van der Waals surface area (Å²) in [7, 11) is 1.98. The highest BCUT2D eigenvalue weighted by atomic mass is 16.2. The van der Waals surface area contributed by atoms with Gasteiger partial charge in [0.2, 0.25) is 5.91 Å². The third kappa shape index (κ3) is 3.11. The minimum atomic E-state index is -0.252. The van der Waals surface area contributed by atoms with Crippen LogP contribution in [0.5, 0.6) is 0 Å². The van der Waals surface area contributed by atoms with E-state index in [1.54, 1.807) is 18.6 Å². The van der Waals surface area contributed by atoms with Gasteiger partial charge in [-0.1, -0.05) is 6.07 Å². The Bertz CT molecular complexity index is 1120. The van der Waals surface area contributed by atoms with Gasteiger partial charge in [-0.15, -0.1) is 0 Å². The SMILES string of the molecule is CN1CC(=O)N(c2cccnc2)C[C@]12CCN(C(=O)c1ccc3ncccc3c1)C2. The van der Waals surface area contributed by atoms with Crippen molar-refractivity contribution >= 4 is 28.4 Å². The summed E-state index contributed by atoms with van der Waals surface area (Å²) >= 11 is 0. The van der Waals surface area contributed by atoms with Gasteiger partial charge in [-0.3, -0.25) is 24.5 Å². The number of pyridine rings is 2. The van der Waals surface area contributed by atoms with E-state index >= 15 is 0 Å². The van der Waals surface area contributed by atoms with Crippen LogP contribution in [-0.4, -0.2) is 70.3 Å². The molecule has 0 N–H and O–H groups in total. The zero-order valence-electron chi connectivity index (χ0n) is 16.9. The van der Waals surface area contributed by atoms with Crippen molar-refractivity contribution in [3.63, 3.8) is 0 Å². The van der Waals surface area contributed by atoms with Crippen LogP contribution in [0.1, 0.15) is 16.8 Å². The molecule has 2 fully saturated rings. The number of likely N-dealkylation sites (tertiary alicyclic amines) is 1. The van der Waals surface area contributed by atoms with Crippen molar-refractivity contribution in [2.24, 2.45) is 0 Å². The molecule has 2 aromatic heterocycles. The standard InChI is InChI=1S/C23H23N5O2/c1-26-14-21(29)28(19-5-3-9-24-13-19)16-23(26)8-11-27(15-23)22(30)18-6-7-20-17(12-18)4-2-10-25-20/h2-7,9-10,12-13H,8,11,14-16H2,1H3/t23-/m1/s1. The molecule has 152 valence electrons. The first-order valence-corrected chi connectivity index (χ1v) is 10.1. The summed E-state index contributed by atoms with van der Waals surface area (Å²) in [4.78, 5) is 40.2. The van der Waals surface area contributed by atoms with E-state index in [1.807, 2.05) is 59.3 Å². The Hall–Kier alpha value is -3.32. The number of nitrogens with zero attached hydrogens (tertiary/aromatic N) is 5. The van der Waals surface area contributed by atoms with E-state index in [1.165, 1.54) is 0 Å². The molecule has 1 spiro atoms. The zero-order valence-corrected chi connectivity index (χ0v) is 16.9. The molecule has 0 radical (unpaired) electrons. The Labute approximate surface area is 174 Å². The molecule has 30 heavy (non-hydrogen) atoms. The lowest BCUT2D eigenvalue weighted by atomic mass is 9.92. The monoisotopic (exact) mass is 401 g/mol. The maximum absolute atomic E-state index is 13.2. The van der Waals surface area contributed by atoms with Crippen LogP contribution in [0.25, 0.3) is 10.9 Å². The van der Waals surface area contributed by atoms with Crippen LogP contribution < -0.4 is 4.90 Å². The number of fused-ring (bicyclic) bond motifs is 1. The van der Waals surface area contributed by atoms with Gasteiger partial charge >= 0.3 is 0 Å². The Balaban J connectivity index is 1.39. The lowest BCUT2D eigenvalue weighted by Gasteiger charge is -2.46. The molecule has 1 aromatic carbocycles. The number of aromatic nitrogens is 2. The molecule has 5 rings (SSSR count). The summed E-state index contributed by atoms with van der Waals surface area (Å²) < 4.78 is 0. The Morgan fingerprint density at radius 2 is 1.97 bits per heavy atom. The van der Waals surface area contributed by atoms with Crippen LogP contribution in [0.2, 0.25) is 0 Å². The maximum Gasteiger partial charge on any atom is 0.253 e. The predicted molar refractivity (Wildman–Crippen MR) is 114 cm³/mol.